The second-order valence-electron chi connectivity index (χ2n) is 6.12. The molecular weight excluding hydrogens is 336 g/mol. The number of anilines is 1. The number of amides is 1. The predicted octanol–water partition coefficient (Wildman–Crippen LogP) is 4.30. The lowest BCUT2D eigenvalue weighted by molar-refractivity contribution is -0.118. The fraction of sp³-hybridized carbons (Fsp3) is 0.211. The Morgan fingerprint density at radius 1 is 1.16 bits per heavy atom. The summed E-state index contributed by atoms with van der Waals surface area (Å²) in [5.74, 6) is 0.521. The van der Waals surface area contributed by atoms with Gasteiger partial charge in [0.2, 0.25) is 5.91 Å². The van der Waals surface area contributed by atoms with Gasteiger partial charge in [-0.2, -0.15) is 5.10 Å². The van der Waals surface area contributed by atoms with Gasteiger partial charge in [-0.15, -0.1) is 0 Å². The van der Waals surface area contributed by atoms with Crippen LogP contribution in [-0.2, 0) is 4.79 Å². The minimum Gasteiger partial charge on any atom is -0.324 e. The van der Waals surface area contributed by atoms with Crippen molar-refractivity contribution in [3.8, 4) is 5.82 Å². The summed E-state index contributed by atoms with van der Waals surface area (Å²) < 4.78 is 1.66. The Morgan fingerprint density at radius 3 is 2.48 bits per heavy atom. The second kappa shape index (κ2) is 7.49. The van der Waals surface area contributed by atoms with Crippen LogP contribution in [0.15, 0.2) is 61.1 Å². The Bertz CT molecular complexity index is 827. The van der Waals surface area contributed by atoms with Crippen molar-refractivity contribution in [2.45, 2.75) is 19.8 Å². The van der Waals surface area contributed by atoms with Gasteiger partial charge < -0.3 is 5.32 Å². The Kier molecular flexibility index (Phi) is 5.14. The van der Waals surface area contributed by atoms with Crippen molar-refractivity contribution in [3.05, 3.63) is 71.6 Å². The summed E-state index contributed by atoms with van der Waals surface area (Å²) in [6.45, 7) is 4.05. The fourth-order valence-corrected chi connectivity index (χ4v) is 2.85. The van der Waals surface area contributed by atoms with E-state index in [4.69, 9.17) is 11.6 Å². The fourth-order valence-electron chi connectivity index (χ4n) is 2.73. The van der Waals surface area contributed by atoms with Crippen molar-refractivity contribution in [2.24, 2.45) is 5.92 Å². The van der Waals surface area contributed by atoms with Gasteiger partial charge in [0.15, 0.2) is 5.82 Å². The molecule has 0 aliphatic carbocycles. The molecule has 1 unspecified atom stereocenters. The smallest absolute Gasteiger partial charge is 0.232 e. The van der Waals surface area contributed by atoms with Gasteiger partial charge in [-0.1, -0.05) is 37.6 Å². The van der Waals surface area contributed by atoms with Crippen molar-refractivity contribution in [2.75, 3.05) is 5.32 Å². The predicted molar refractivity (Wildman–Crippen MR) is 99.0 cm³/mol. The highest BCUT2D eigenvalue weighted by Gasteiger charge is 2.24. The van der Waals surface area contributed by atoms with Crippen LogP contribution in [0, 0.1) is 5.92 Å². The van der Waals surface area contributed by atoms with E-state index in [0.29, 0.717) is 16.5 Å². The molecule has 1 N–H and O–H groups in total. The van der Waals surface area contributed by atoms with Crippen molar-refractivity contribution in [3.63, 3.8) is 0 Å². The molecule has 2 heterocycles. The van der Waals surface area contributed by atoms with Crippen LogP contribution in [0.1, 0.15) is 25.3 Å². The van der Waals surface area contributed by atoms with Crippen molar-refractivity contribution < 1.29 is 4.79 Å². The number of aromatic nitrogens is 3. The first kappa shape index (κ1) is 17.2. The summed E-state index contributed by atoms with van der Waals surface area (Å²) >= 11 is 5.95. The van der Waals surface area contributed by atoms with E-state index in [0.717, 1.165) is 5.56 Å². The Labute approximate surface area is 151 Å². The van der Waals surface area contributed by atoms with Crippen LogP contribution < -0.4 is 5.32 Å². The van der Waals surface area contributed by atoms with E-state index in [1.54, 1.807) is 29.2 Å². The number of hydrogen-bond acceptors (Lipinski definition) is 3. The van der Waals surface area contributed by atoms with Crippen LogP contribution >= 0.6 is 11.6 Å². The molecular formula is C19H19ClN4O. The highest BCUT2D eigenvalue weighted by Crippen LogP contribution is 2.27. The summed E-state index contributed by atoms with van der Waals surface area (Å²) in [5.41, 5.74) is 1.60. The third-order valence-electron chi connectivity index (χ3n) is 3.93. The van der Waals surface area contributed by atoms with E-state index in [9.17, 15) is 4.79 Å². The van der Waals surface area contributed by atoms with Crippen LogP contribution in [0.5, 0.6) is 0 Å². The van der Waals surface area contributed by atoms with Crippen molar-refractivity contribution in [1.82, 2.24) is 14.8 Å². The van der Waals surface area contributed by atoms with Gasteiger partial charge in [-0.3, -0.25) is 4.79 Å². The van der Waals surface area contributed by atoms with Gasteiger partial charge >= 0.3 is 0 Å². The lowest BCUT2D eigenvalue weighted by Crippen LogP contribution is -2.25. The summed E-state index contributed by atoms with van der Waals surface area (Å²) in [4.78, 5) is 17.1. The zero-order valence-electron chi connectivity index (χ0n) is 14.1. The van der Waals surface area contributed by atoms with Gasteiger partial charge in [-0.05, 0) is 41.8 Å². The first-order valence-corrected chi connectivity index (χ1v) is 8.45. The lowest BCUT2D eigenvalue weighted by atomic mass is 9.87. The zero-order valence-corrected chi connectivity index (χ0v) is 14.8. The Morgan fingerprint density at radius 2 is 1.92 bits per heavy atom. The van der Waals surface area contributed by atoms with E-state index in [1.807, 2.05) is 50.4 Å². The minimum atomic E-state index is -0.261. The SMILES string of the molecule is CC(C)C(C(=O)Nc1ccc(-n2cccn2)nc1)c1ccc(Cl)cc1. The first-order valence-electron chi connectivity index (χ1n) is 8.07. The molecule has 0 radical (unpaired) electrons. The number of nitrogens with zero attached hydrogens (tertiary/aromatic N) is 3. The standard InChI is InChI=1S/C19H19ClN4O/c1-13(2)18(14-4-6-15(20)7-5-14)19(25)23-16-8-9-17(21-12-16)24-11-3-10-22-24/h3-13,18H,1-2H3,(H,23,25). The first-order chi connectivity index (χ1) is 12.0. The Balaban J connectivity index is 1.76. The van der Waals surface area contributed by atoms with Crippen molar-refractivity contribution >= 4 is 23.2 Å². The maximum absolute atomic E-state index is 12.8. The quantitative estimate of drug-likeness (QED) is 0.743. The third kappa shape index (κ3) is 4.06. The number of carbonyl (C=O) groups excluding carboxylic acids is 1. The molecule has 2 aromatic heterocycles. The number of rotatable bonds is 5. The van der Waals surface area contributed by atoms with Gasteiger partial charge in [0.25, 0.3) is 0 Å². The van der Waals surface area contributed by atoms with E-state index in [2.05, 4.69) is 15.4 Å². The van der Waals surface area contributed by atoms with Crippen LogP contribution in [0.25, 0.3) is 5.82 Å². The highest BCUT2D eigenvalue weighted by molar-refractivity contribution is 6.30. The normalized spacial score (nSPS) is 12.2. The van der Waals surface area contributed by atoms with Crippen LogP contribution in [0.4, 0.5) is 5.69 Å². The molecule has 25 heavy (non-hydrogen) atoms. The molecule has 3 rings (SSSR count). The molecule has 1 aromatic carbocycles. The average molecular weight is 355 g/mol. The number of nitrogens with one attached hydrogen (secondary N) is 1. The lowest BCUT2D eigenvalue weighted by Gasteiger charge is -2.21. The molecule has 1 amide bonds. The van der Waals surface area contributed by atoms with Gasteiger partial charge in [0.1, 0.15) is 0 Å². The van der Waals surface area contributed by atoms with E-state index in [-0.39, 0.29) is 17.7 Å². The largest absolute Gasteiger partial charge is 0.324 e. The maximum Gasteiger partial charge on any atom is 0.232 e. The van der Waals surface area contributed by atoms with E-state index >= 15 is 0 Å². The molecule has 1 atom stereocenters. The number of pyridine rings is 1. The summed E-state index contributed by atoms with van der Waals surface area (Å²) in [6, 6.07) is 12.9. The number of halogens is 1. The molecule has 128 valence electrons. The summed E-state index contributed by atoms with van der Waals surface area (Å²) in [7, 11) is 0. The number of benzene rings is 1. The van der Waals surface area contributed by atoms with Crippen LogP contribution in [-0.4, -0.2) is 20.7 Å². The highest BCUT2D eigenvalue weighted by atomic mass is 35.5. The van der Waals surface area contributed by atoms with Gasteiger partial charge in [0, 0.05) is 17.4 Å². The molecule has 0 bridgehead atoms. The number of carbonyl (C=O) groups is 1. The molecule has 0 saturated heterocycles. The Hall–Kier alpha value is -2.66. The molecule has 0 aliphatic heterocycles. The molecule has 0 fully saturated rings. The second-order valence-corrected chi connectivity index (χ2v) is 6.55. The molecule has 6 heteroatoms. The molecule has 0 aliphatic rings. The molecule has 5 nitrogen and oxygen atoms in total. The van der Waals surface area contributed by atoms with Crippen LogP contribution in [0.3, 0.4) is 0 Å². The van der Waals surface area contributed by atoms with E-state index < -0.39 is 0 Å². The molecule has 0 saturated carbocycles. The topological polar surface area (TPSA) is 59.8 Å². The minimum absolute atomic E-state index is 0.0639. The van der Waals surface area contributed by atoms with E-state index in [1.165, 1.54) is 0 Å². The maximum atomic E-state index is 12.8. The third-order valence-corrected chi connectivity index (χ3v) is 4.18. The van der Waals surface area contributed by atoms with Gasteiger partial charge in [-0.25, -0.2) is 9.67 Å². The summed E-state index contributed by atoms with van der Waals surface area (Å²) in [5, 5.41) is 7.73. The van der Waals surface area contributed by atoms with Crippen molar-refractivity contribution in [1.29, 1.82) is 0 Å². The molecule has 3 aromatic rings. The van der Waals surface area contributed by atoms with Crippen LogP contribution in [0.2, 0.25) is 5.02 Å². The monoisotopic (exact) mass is 354 g/mol. The van der Waals surface area contributed by atoms with Gasteiger partial charge in [0.05, 0.1) is 17.8 Å². The average Bonchev–Trinajstić information content (AvgIpc) is 3.12. The molecule has 0 spiro atoms. The number of hydrogen-bond donors (Lipinski definition) is 1. The summed E-state index contributed by atoms with van der Waals surface area (Å²) in [6.07, 6.45) is 5.14. The zero-order chi connectivity index (χ0) is 17.8.